The number of anilines is 1. The van der Waals surface area contributed by atoms with Crippen molar-refractivity contribution in [3.05, 3.63) is 18.0 Å². The third-order valence-corrected chi connectivity index (χ3v) is 4.14. The molecule has 2 amide bonds. The molecule has 0 spiro atoms. The number of nitrogens with zero attached hydrogens (tertiary/aromatic N) is 6. The smallest absolute Gasteiger partial charge is 0.317 e. The second-order valence-electron chi connectivity index (χ2n) is 7.04. The van der Waals surface area contributed by atoms with E-state index in [1.165, 1.54) is 0 Å². The van der Waals surface area contributed by atoms with Gasteiger partial charge in [-0.2, -0.15) is 4.52 Å². The number of hydrogen-bond donors (Lipinski definition) is 1. The average Bonchev–Trinajstić information content (AvgIpc) is 2.98. The monoisotopic (exact) mass is 331 g/mol. The van der Waals surface area contributed by atoms with Gasteiger partial charge in [0.05, 0.1) is 0 Å². The molecule has 130 valence electrons. The van der Waals surface area contributed by atoms with E-state index in [1.807, 2.05) is 28.5 Å². The van der Waals surface area contributed by atoms with Crippen molar-refractivity contribution in [1.29, 1.82) is 0 Å². The molecule has 8 nitrogen and oxygen atoms in total. The molecule has 1 aliphatic rings. The van der Waals surface area contributed by atoms with Crippen molar-refractivity contribution in [2.45, 2.75) is 33.1 Å². The summed E-state index contributed by atoms with van der Waals surface area (Å²) in [6.07, 6.45) is 0. The van der Waals surface area contributed by atoms with Crippen molar-refractivity contribution < 1.29 is 4.79 Å². The highest BCUT2D eigenvalue weighted by atomic mass is 16.2. The van der Waals surface area contributed by atoms with Crippen LogP contribution in [0.4, 0.5) is 10.6 Å². The predicted octanol–water partition coefficient (Wildman–Crippen LogP) is 1.27. The normalized spacial score (nSPS) is 15.8. The molecule has 0 aromatic carbocycles. The number of fused-ring (bicyclic) bond motifs is 1. The second kappa shape index (κ2) is 6.26. The van der Waals surface area contributed by atoms with Gasteiger partial charge in [-0.3, -0.25) is 0 Å². The minimum atomic E-state index is -0.123. The van der Waals surface area contributed by atoms with Crippen LogP contribution in [0.2, 0.25) is 0 Å². The number of piperazine rings is 1. The van der Waals surface area contributed by atoms with Crippen molar-refractivity contribution in [2.75, 3.05) is 37.6 Å². The maximum Gasteiger partial charge on any atom is 0.317 e. The molecule has 0 saturated carbocycles. The largest absolute Gasteiger partial charge is 0.352 e. The second-order valence-corrected chi connectivity index (χ2v) is 7.04. The van der Waals surface area contributed by atoms with E-state index in [9.17, 15) is 4.79 Å². The van der Waals surface area contributed by atoms with Crippen LogP contribution in [0.5, 0.6) is 0 Å². The van der Waals surface area contributed by atoms with Gasteiger partial charge in [-0.25, -0.2) is 4.79 Å². The molecule has 3 rings (SSSR count). The number of amides is 2. The standard InChI is InChI=1S/C16H25N7O/c1-5-17-15(24)22-10-8-21(9-11-22)13-7-6-12-18-19-14(16(2,3)4)23(12)20-13/h6-7H,5,8-11H2,1-4H3,(H,17,24). The minimum Gasteiger partial charge on any atom is -0.352 e. The van der Waals surface area contributed by atoms with Gasteiger partial charge in [0.25, 0.3) is 0 Å². The van der Waals surface area contributed by atoms with Crippen molar-refractivity contribution >= 4 is 17.5 Å². The third-order valence-electron chi connectivity index (χ3n) is 4.14. The molecular weight excluding hydrogens is 306 g/mol. The Morgan fingerprint density at radius 2 is 1.88 bits per heavy atom. The van der Waals surface area contributed by atoms with Gasteiger partial charge in [0.15, 0.2) is 11.5 Å². The number of urea groups is 1. The van der Waals surface area contributed by atoms with E-state index < -0.39 is 0 Å². The molecule has 8 heteroatoms. The summed E-state index contributed by atoms with van der Waals surface area (Å²) in [5.74, 6) is 1.74. The van der Waals surface area contributed by atoms with Crippen molar-refractivity contribution in [1.82, 2.24) is 30.0 Å². The molecule has 0 bridgehead atoms. The van der Waals surface area contributed by atoms with Crippen molar-refractivity contribution in [3.8, 4) is 0 Å². The summed E-state index contributed by atoms with van der Waals surface area (Å²) in [6, 6.07) is 3.92. The lowest BCUT2D eigenvalue weighted by molar-refractivity contribution is 0.195. The molecule has 3 heterocycles. The maximum absolute atomic E-state index is 11.9. The first-order valence-corrected chi connectivity index (χ1v) is 8.41. The fourth-order valence-electron chi connectivity index (χ4n) is 2.82. The Labute approximate surface area is 141 Å². The van der Waals surface area contributed by atoms with Gasteiger partial charge in [-0.15, -0.1) is 15.3 Å². The number of carbonyl (C=O) groups excluding carboxylic acids is 1. The van der Waals surface area contributed by atoms with Crippen LogP contribution in [0.3, 0.4) is 0 Å². The Bertz CT molecular complexity index is 726. The molecular formula is C16H25N7O. The molecule has 1 aliphatic heterocycles. The summed E-state index contributed by atoms with van der Waals surface area (Å²) >= 11 is 0. The van der Waals surface area contributed by atoms with Crippen LogP contribution in [0.25, 0.3) is 5.65 Å². The lowest BCUT2D eigenvalue weighted by atomic mass is 9.96. The van der Waals surface area contributed by atoms with Gasteiger partial charge < -0.3 is 15.1 Å². The highest BCUT2D eigenvalue weighted by molar-refractivity contribution is 5.74. The lowest BCUT2D eigenvalue weighted by Crippen LogP contribution is -2.52. The Balaban J connectivity index is 1.78. The quantitative estimate of drug-likeness (QED) is 0.897. The van der Waals surface area contributed by atoms with Crippen LogP contribution in [-0.4, -0.2) is 63.5 Å². The van der Waals surface area contributed by atoms with Gasteiger partial charge >= 0.3 is 6.03 Å². The molecule has 24 heavy (non-hydrogen) atoms. The van der Waals surface area contributed by atoms with Gasteiger partial charge in [0.2, 0.25) is 0 Å². The fraction of sp³-hybridized carbons (Fsp3) is 0.625. The average molecular weight is 331 g/mol. The number of nitrogens with one attached hydrogen (secondary N) is 1. The van der Waals surface area contributed by atoms with E-state index in [1.54, 1.807) is 0 Å². The van der Waals surface area contributed by atoms with Crippen LogP contribution in [0.1, 0.15) is 33.5 Å². The number of aromatic nitrogens is 4. The summed E-state index contributed by atoms with van der Waals surface area (Å²) in [4.78, 5) is 15.9. The van der Waals surface area contributed by atoms with E-state index in [4.69, 9.17) is 5.10 Å². The van der Waals surface area contributed by atoms with E-state index in [0.29, 0.717) is 19.6 Å². The van der Waals surface area contributed by atoms with Crippen molar-refractivity contribution in [2.24, 2.45) is 0 Å². The molecule has 1 N–H and O–H groups in total. The Morgan fingerprint density at radius 1 is 1.17 bits per heavy atom. The zero-order chi connectivity index (χ0) is 17.3. The topological polar surface area (TPSA) is 78.7 Å². The first-order valence-electron chi connectivity index (χ1n) is 8.41. The van der Waals surface area contributed by atoms with E-state index in [-0.39, 0.29) is 11.4 Å². The number of rotatable bonds is 2. The van der Waals surface area contributed by atoms with Crippen LogP contribution < -0.4 is 10.2 Å². The Hall–Kier alpha value is -2.38. The van der Waals surface area contributed by atoms with Gasteiger partial charge in [0, 0.05) is 38.1 Å². The molecule has 2 aromatic heterocycles. The highest BCUT2D eigenvalue weighted by Gasteiger charge is 2.24. The number of hydrogen-bond acceptors (Lipinski definition) is 5. The zero-order valence-corrected chi connectivity index (χ0v) is 14.8. The molecule has 0 aliphatic carbocycles. The zero-order valence-electron chi connectivity index (χ0n) is 14.8. The number of carbonyl (C=O) groups is 1. The van der Waals surface area contributed by atoms with Crippen LogP contribution >= 0.6 is 0 Å². The Morgan fingerprint density at radius 3 is 2.50 bits per heavy atom. The fourth-order valence-corrected chi connectivity index (χ4v) is 2.82. The summed E-state index contributed by atoms with van der Waals surface area (Å²) in [6.45, 7) is 11.8. The summed E-state index contributed by atoms with van der Waals surface area (Å²) in [5.41, 5.74) is 0.631. The lowest BCUT2D eigenvalue weighted by Gasteiger charge is -2.35. The molecule has 0 radical (unpaired) electrons. The van der Waals surface area contributed by atoms with E-state index in [2.05, 4.69) is 41.2 Å². The first-order chi connectivity index (χ1) is 11.4. The van der Waals surface area contributed by atoms with E-state index >= 15 is 0 Å². The molecule has 2 aromatic rings. The first kappa shape index (κ1) is 16.5. The molecule has 1 fully saturated rings. The minimum absolute atomic E-state index is 0.00869. The maximum atomic E-state index is 11.9. The van der Waals surface area contributed by atoms with E-state index in [0.717, 1.165) is 30.4 Å². The van der Waals surface area contributed by atoms with Gasteiger partial charge in [-0.05, 0) is 19.1 Å². The molecule has 0 atom stereocenters. The third kappa shape index (κ3) is 3.13. The van der Waals surface area contributed by atoms with Crippen molar-refractivity contribution in [3.63, 3.8) is 0 Å². The summed E-state index contributed by atoms with van der Waals surface area (Å²) in [7, 11) is 0. The highest BCUT2D eigenvalue weighted by Crippen LogP contribution is 2.22. The Kier molecular flexibility index (Phi) is 4.29. The SMILES string of the molecule is CCNC(=O)N1CCN(c2ccc3nnc(C(C)(C)C)n3n2)CC1. The predicted molar refractivity (Wildman–Crippen MR) is 92.3 cm³/mol. The van der Waals surface area contributed by atoms with Crippen LogP contribution in [-0.2, 0) is 5.41 Å². The summed E-state index contributed by atoms with van der Waals surface area (Å²) < 4.78 is 1.82. The molecule has 1 saturated heterocycles. The summed E-state index contributed by atoms with van der Waals surface area (Å²) in [5, 5.41) is 16.1. The van der Waals surface area contributed by atoms with Gasteiger partial charge in [0.1, 0.15) is 5.82 Å². The van der Waals surface area contributed by atoms with Crippen LogP contribution in [0.15, 0.2) is 12.1 Å². The van der Waals surface area contributed by atoms with Crippen LogP contribution in [0, 0.1) is 0 Å². The van der Waals surface area contributed by atoms with Gasteiger partial charge in [-0.1, -0.05) is 20.8 Å². The molecule has 0 unspecified atom stereocenters.